The van der Waals surface area contributed by atoms with Gasteiger partial charge in [-0.05, 0) is 111 Å². The fraction of sp³-hybridized carbons (Fsp3) is 0.455. The van der Waals surface area contributed by atoms with Crippen molar-refractivity contribution in [3.8, 4) is 33.8 Å². The minimum absolute atomic E-state index is 0.458. The quantitative estimate of drug-likeness (QED) is 0.0617. The highest BCUT2D eigenvalue weighted by Crippen LogP contribution is 2.43. The van der Waals surface area contributed by atoms with E-state index in [0.29, 0.717) is 36.6 Å². The topological polar surface area (TPSA) is 105 Å². The number of fused-ring (bicyclic) bond motifs is 8. The van der Waals surface area contributed by atoms with Gasteiger partial charge in [-0.15, -0.1) is 0 Å². The zero-order valence-corrected chi connectivity index (χ0v) is 38.6. The third kappa shape index (κ3) is 11.6. The molecule has 9 heteroatoms. The average Bonchev–Trinajstić information content (AvgIpc) is 4.18. The van der Waals surface area contributed by atoms with Gasteiger partial charge in [0, 0.05) is 22.7 Å². The van der Waals surface area contributed by atoms with Gasteiger partial charge in [0.25, 0.3) is 0 Å². The lowest BCUT2D eigenvalue weighted by Crippen LogP contribution is -2.17. The Morgan fingerprint density at radius 1 is 0.531 bits per heavy atom. The molecule has 0 amide bonds. The van der Waals surface area contributed by atoms with Crippen LogP contribution in [0.25, 0.3) is 68.9 Å². The van der Waals surface area contributed by atoms with E-state index in [2.05, 4.69) is 103 Å². The Kier molecular flexibility index (Phi) is 16.1. The minimum Gasteiger partial charge on any atom is -0.493 e. The van der Waals surface area contributed by atoms with Gasteiger partial charge in [-0.3, -0.25) is 4.90 Å². The third-order valence-electron chi connectivity index (χ3n) is 13.0. The largest absolute Gasteiger partial charge is 0.493 e. The lowest BCUT2D eigenvalue weighted by Gasteiger charge is -2.20. The molecule has 0 radical (unpaired) electrons. The normalized spacial score (nSPS) is 14.8. The van der Waals surface area contributed by atoms with E-state index in [4.69, 9.17) is 29.4 Å². The molecule has 0 spiro atoms. The van der Waals surface area contributed by atoms with Crippen LogP contribution in [-0.4, -0.2) is 61.6 Å². The van der Waals surface area contributed by atoms with E-state index in [1.807, 2.05) is 24.3 Å². The van der Waals surface area contributed by atoms with Crippen molar-refractivity contribution in [3.05, 3.63) is 95.3 Å². The first-order valence-electron chi connectivity index (χ1n) is 24.6. The van der Waals surface area contributed by atoms with Crippen molar-refractivity contribution in [2.45, 2.75) is 135 Å². The van der Waals surface area contributed by atoms with Gasteiger partial charge in [0.05, 0.1) is 35.7 Å². The van der Waals surface area contributed by atoms with Gasteiger partial charge in [-0.2, -0.15) is 0 Å². The van der Waals surface area contributed by atoms with Gasteiger partial charge in [-0.1, -0.05) is 134 Å². The SMILES string of the molecule is CCCCCCCCCCOc1cccc(OCCCCCCCCCC)c1-c1c2nc(nc3ccc([nH]3)c(-c3ccc(C4CCCN4C)cc3)c3nc(nc4ccc1[nH]4)C=C3)C=C2. The molecule has 1 saturated heterocycles. The molecule has 0 saturated carbocycles. The molecular formula is C55H69N7O2. The Labute approximate surface area is 380 Å². The van der Waals surface area contributed by atoms with E-state index in [-0.39, 0.29) is 0 Å². The molecule has 3 aliphatic rings. The Morgan fingerprint density at radius 2 is 1.03 bits per heavy atom. The lowest BCUT2D eigenvalue weighted by molar-refractivity contribution is 0.292. The fourth-order valence-electron chi connectivity index (χ4n) is 9.42. The van der Waals surface area contributed by atoms with Crippen LogP contribution in [0.3, 0.4) is 0 Å². The molecule has 5 aromatic rings. The summed E-state index contributed by atoms with van der Waals surface area (Å²) in [5.41, 5.74) is 10.1. The molecule has 336 valence electrons. The van der Waals surface area contributed by atoms with Crippen molar-refractivity contribution < 1.29 is 9.47 Å². The van der Waals surface area contributed by atoms with Crippen LogP contribution >= 0.6 is 0 Å². The highest BCUT2D eigenvalue weighted by Gasteiger charge is 2.24. The fourth-order valence-corrected chi connectivity index (χ4v) is 9.42. The Bertz CT molecular complexity index is 2480. The van der Waals surface area contributed by atoms with E-state index in [1.54, 1.807) is 0 Å². The summed E-state index contributed by atoms with van der Waals surface area (Å²) in [4.78, 5) is 30.1. The number of hydrogen-bond acceptors (Lipinski definition) is 7. The second kappa shape index (κ2) is 22.9. The van der Waals surface area contributed by atoms with E-state index >= 15 is 0 Å². The van der Waals surface area contributed by atoms with E-state index < -0.39 is 0 Å². The number of H-pyrrole nitrogens is 2. The molecule has 1 fully saturated rings. The molecule has 1 unspecified atom stereocenters. The summed E-state index contributed by atoms with van der Waals surface area (Å²) in [7, 11) is 2.22. The number of rotatable bonds is 23. The highest BCUT2D eigenvalue weighted by molar-refractivity contribution is 5.95. The molecule has 0 aliphatic carbocycles. The third-order valence-corrected chi connectivity index (χ3v) is 13.0. The van der Waals surface area contributed by atoms with Crippen LogP contribution < -0.4 is 9.47 Å². The summed E-state index contributed by atoms with van der Waals surface area (Å²) >= 11 is 0. The number of nitrogens with one attached hydrogen (secondary N) is 2. The molecule has 1 atom stereocenters. The summed E-state index contributed by atoms with van der Waals surface area (Å²) < 4.78 is 13.4. The van der Waals surface area contributed by atoms with Crippen LogP contribution in [0.15, 0.2) is 66.7 Å². The first-order valence-corrected chi connectivity index (χ1v) is 24.6. The van der Waals surface area contributed by atoms with Gasteiger partial charge in [-0.25, -0.2) is 19.9 Å². The standard InChI is InChI=1S/C55H69N7O2/c1-4-6-8-10-12-14-16-18-38-63-47-23-20-24-48(64-39-19-17-15-13-11-9-7-5-2)55(47)54-44-31-35-51(58-44)60-49-33-29-42(56-49)53(41-27-25-40(26-28-41)46-22-21-37-62(46)3)43-30-34-50(57-43)61-52-36-32-45(54)59-52/h20,23-36,46H,4-19,21-22,37-39H2,1-3H3,(H,56,58,60)(H,57,59,61). The number of aromatic nitrogens is 6. The number of ether oxygens (including phenoxy) is 2. The van der Waals surface area contributed by atoms with Crippen molar-refractivity contribution in [1.29, 1.82) is 0 Å². The molecule has 8 rings (SSSR count). The van der Waals surface area contributed by atoms with Crippen LogP contribution in [0.4, 0.5) is 0 Å². The molecule has 8 bridgehead atoms. The zero-order chi connectivity index (χ0) is 43.9. The molecule has 64 heavy (non-hydrogen) atoms. The van der Waals surface area contributed by atoms with Crippen molar-refractivity contribution in [2.75, 3.05) is 26.8 Å². The second-order valence-electron chi connectivity index (χ2n) is 17.9. The second-order valence-corrected chi connectivity index (χ2v) is 17.9. The van der Waals surface area contributed by atoms with Crippen molar-refractivity contribution in [3.63, 3.8) is 0 Å². The molecule has 2 aromatic carbocycles. The smallest absolute Gasteiger partial charge is 0.155 e. The summed E-state index contributed by atoms with van der Waals surface area (Å²) in [6, 6.07) is 23.8. The number of unbranched alkanes of at least 4 members (excludes halogenated alkanes) is 14. The van der Waals surface area contributed by atoms with Gasteiger partial charge in [0.15, 0.2) is 11.6 Å². The van der Waals surface area contributed by atoms with E-state index in [1.165, 1.54) is 95.5 Å². The van der Waals surface area contributed by atoms with Crippen LogP contribution in [0.2, 0.25) is 0 Å². The van der Waals surface area contributed by atoms with Crippen molar-refractivity contribution >= 4 is 46.6 Å². The van der Waals surface area contributed by atoms with Crippen molar-refractivity contribution in [1.82, 2.24) is 34.8 Å². The summed E-state index contributed by atoms with van der Waals surface area (Å²) in [6.07, 6.45) is 30.4. The molecular weight excluding hydrogens is 791 g/mol. The number of likely N-dealkylation sites (tertiary alicyclic amines) is 1. The first-order chi connectivity index (χ1) is 31.6. The van der Waals surface area contributed by atoms with E-state index in [0.717, 1.165) is 94.0 Å². The minimum atomic E-state index is 0.458. The lowest BCUT2D eigenvalue weighted by atomic mass is 9.98. The Balaban J connectivity index is 1.16. The number of nitrogens with zero attached hydrogens (tertiary/aromatic N) is 5. The number of benzene rings is 2. The van der Waals surface area contributed by atoms with Crippen molar-refractivity contribution in [2.24, 2.45) is 0 Å². The predicted molar refractivity (Wildman–Crippen MR) is 266 cm³/mol. The predicted octanol–water partition coefficient (Wildman–Crippen LogP) is 14.6. The van der Waals surface area contributed by atoms with Gasteiger partial charge >= 0.3 is 0 Å². The highest BCUT2D eigenvalue weighted by atomic mass is 16.5. The van der Waals surface area contributed by atoms with Crippen LogP contribution in [0.1, 0.15) is 164 Å². The zero-order valence-electron chi connectivity index (χ0n) is 38.6. The Morgan fingerprint density at radius 3 is 1.55 bits per heavy atom. The number of hydrogen-bond donors (Lipinski definition) is 2. The van der Waals surface area contributed by atoms with Crippen LogP contribution in [-0.2, 0) is 0 Å². The van der Waals surface area contributed by atoms with Gasteiger partial charge < -0.3 is 19.4 Å². The monoisotopic (exact) mass is 860 g/mol. The molecule has 2 N–H and O–H groups in total. The summed E-state index contributed by atoms with van der Waals surface area (Å²) in [6.45, 7) is 6.96. The molecule has 9 nitrogen and oxygen atoms in total. The van der Waals surface area contributed by atoms with E-state index in [9.17, 15) is 0 Å². The average molecular weight is 860 g/mol. The molecule has 3 aliphatic heterocycles. The summed E-state index contributed by atoms with van der Waals surface area (Å²) in [5, 5.41) is 0. The number of aromatic amines is 2. The first kappa shape index (κ1) is 45.0. The molecule has 6 heterocycles. The van der Waals surface area contributed by atoms with Crippen LogP contribution in [0, 0.1) is 0 Å². The maximum atomic E-state index is 6.72. The maximum absolute atomic E-state index is 6.72. The summed E-state index contributed by atoms with van der Waals surface area (Å²) in [5.74, 6) is 2.83. The van der Waals surface area contributed by atoms with Gasteiger partial charge in [0.2, 0.25) is 0 Å². The van der Waals surface area contributed by atoms with Crippen LogP contribution in [0.5, 0.6) is 11.5 Å². The Hall–Kier alpha value is -5.54. The van der Waals surface area contributed by atoms with Gasteiger partial charge in [0.1, 0.15) is 22.8 Å². The maximum Gasteiger partial charge on any atom is 0.155 e. The molecule has 3 aromatic heterocycles.